The van der Waals surface area contributed by atoms with E-state index in [1.807, 2.05) is 6.92 Å². The van der Waals surface area contributed by atoms with E-state index < -0.39 is 15.9 Å². The number of sulfonamides is 1. The summed E-state index contributed by atoms with van der Waals surface area (Å²) in [5.41, 5.74) is 1.34. The molecule has 1 saturated heterocycles. The summed E-state index contributed by atoms with van der Waals surface area (Å²) in [7, 11) is -3.98. The lowest BCUT2D eigenvalue weighted by Gasteiger charge is -2.12. The number of benzene rings is 2. The van der Waals surface area contributed by atoms with E-state index >= 15 is 0 Å². The number of carbonyl (C=O) groups excluding carboxylic acids is 1. The average molecular weight is 433 g/mol. The molecule has 2 aromatic carbocycles. The zero-order valence-corrected chi connectivity index (χ0v) is 17.5. The van der Waals surface area contributed by atoms with E-state index in [4.69, 9.17) is 0 Å². The number of likely N-dealkylation sites (N-methyl/N-ethyl adjacent to an activating group) is 1. The van der Waals surface area contributed by atoms with Crippen LogP contribution in [0.1, 0.15) is 25.0 Å². The highest BCUT2D eigenvalue weighted by Gasteiger charge is 2.34. The van der Waals surface area contributed by atoms with Gasteiger partial charge in [-0.05, 0) is 61.0 Å². The van der Waals surface area contributed by atoms with Gasteiger partial charge in [-0.25, -0.2) is 0 Å². The maximum Gasteiger partial charge on any atom is 0.284 e. The molecule has 0 atom stereocenters. The number of hydrogen-bond donors (Lipinski definition) is 2. The van der Waals surface area contributed by atoms with E-state index in [1.54, 1.807) is 19.1 Å². The number of hydrogen-bond acceptors (Lipinski definition) is 6. The van der Waals surface area contributed by atoms with Gasteiger partial charge in [-0.1, -0.05) is 19.1 Å². The van der Waals surface area contributed by atoms with Crippen molar-refractivity contribution in [1.82, 2.24) is 4.90 Å². The number of aryl methyl sites for hydroxylation is 1. The lowest BCUT2D eigenvalue weighted by molar-refractivity contribution is -0.122. The molecule has 1 fully saturated rings. The third-order valence-corrected chi connectivity index (χ3v) is 6.74. The zero-order chi connectivity index (χ0) is 21.2. The van der Waals surface area contributed by atoms with Crippen LogP contribution in [0.4, 0.5) is 0 Å². The highest BCUT2D eigenvalue weighted by molar-refractivity contribution is 8.19. The molecule has 152 valence electrons. The van der Waals surface area contributed by atoms with E-state index in [0.717, 1.165) is 29.8 Å². The van der Waals surface area contributed by atoms with Gasteiger partial charge in [0.1, 0.15) is 11.5 Å². The molecule has 0 aromatic heterocycles. The van der Waals surface area contributed by atoms with Crippen molar-refractivity contribution in [2.75, 3.05) is 6.54 Å². The van der Waals surface area contributed by atoms with E-state index in [9.17, 15) is 23.4 Å². The van der Waals surface area contributed by atoms with Crippen LogP contribution in [-0.2, 0) is 21.2 Å². The Balaban J connectivity index is 1.96. The van der Waals surface area contributed by atoms with Gasteiger partial charge in [-0.3, -0.25) is 9.69 Å². The Morgan fingerprint density at radius 1 is 1.10 bits per heavy atom. The summed E-state index contributed by atoms with van der Waals surface area (Å²) in [4.78, 5) is 14.2. The molecule has 29 heavy (non-hydrogen) atoms. The van der Waals surface area contributed by atoms with Crippen molar-refractivity contribution >= 4 is 38.9 Å². The Hall–Kier alpha value is -2.78. The van der Waals surface area contributed by atoms with Gasteiger partial charge in [-0.15, -0.1) is 4.40 Å². The van der Waals surface area contributed by atoms with E-state index in [0.29, 0.717) is 5.56 Å². The van der Waals surface area contributed by atoms with Crippen LogP contribution in [0.5, 0.6) is 11.5 Å². The molecule has 0 saturated carbocycles. The minimum atomic E-state index is -3.98. The molecule has 2 aromatic rings. The van der Waals surface area contributed by atoms with Crippen LogP contribution in [-0.4, -0.2) is 41.2 Å². The van der Waals surface area contributed by atoms with Gasteiger partial charge in [0.25, 0.3) is 15.9 Å². The second kappa shape index (κ2) is 8.30. The van der Waals surface area contributed by atoms with Crippen molar-refractivity contribution in [3.8, 4) is 11.5 Å². The molecular weight excluding hydrogens is 412 g/mol. The smallest absolute Gasteiger partial charge is 0.284 e. The number of thioether (sulfide) groups is 1. The Morgan fingerprint density at radius 2 is 1.79 bits per heavy atom. The third-order valence-electron chi connectivity index (χ3n) is 4.33. The van der Waals surface area contributed by atoms with E-state index in [-0.39, 0.29) is 33.0 Å². The highest BCUT2D eigenvalue weighted by atomic mass is 32.2. The topological polar surface area (TPSA) is 107 Å². The number of amidine groups is 1. The minimum absolute atomic E-state index is 0.0555. The van der Waals surface area contributed by atoms with Crippen molar-refractivity contribution in [1.29, 1.82) is 0 Å². The molecule has 0 spiro atoms. The fraction of sp³-hybridized carbons (Fsp3) is 0.200. The SMILES string of the molecule is CCc1ccc(S(=O)(=O)/N=C2/S/C(=C\c3ccc(O)cc3O)C(=O)N2CC)cc1. The maximum atomic E-state index is 12.7. The molecule has 3 rings (SSSR count). The average Bonchev–Trinajstić information content (AvgIpc) is 2.97. The number of aromatic hydroxyl groups is 2. The first-order valence-corrected chi connectivity index (χ1v) is 11.2. The summed E-state index contributed by atoms with van der Waals surface area (Å²) < 4.78 is 29.3. The molecule has 0 bridgehead atoms. The minimum Gasteiger partial charge on any atom is -0.508 e. The Labute approximate surface area is 173 Å². The van der Waals surface area contributed by atoms with Gasteiger partial charge in [0.05, 0.1) is 9.80 Å². The first-order valence-electron chi connectivity index (χ1n) is 8.92. The van der Waals surface area contributed by atoms with Crippen LogP contribution in [0, 0.1) is 0 Å². The van der Waals surface area contributed by atoms with Crippen molar-refractivity contribution in [2.24, 2.45) is 4.40 Å². The predicted molar refractivity (Wildman–Crippen MR) is 113 cm³/mol. The number of carbonyl (C=O) groups is 1. The molecule has 0 unspecified atom stereocenters. The van der Waals surface area contributed by atoms with Gasteiger partial charge < -0.3 is 10.2 Å². The number of rotatable bonds is 5. The van der Waals surface area contributed by atoms with Crippen molar-refractivity contribution in [3.05, 3.63) is 58.5 Å². The van der Waals surface area contributed by atoms with Crippen LogP contribution in [0.15, 0.2) is 56.7 Å². The molecule has 0 aliphatic carbocycles. The van der Waals surface area contributed by atoms with E-state index in [1.165, 1.54) is 35.2 Å². The summed E-state index contributed by atoms with van der Waals surface area (Å²) in [6, 6.07) is 10.5. The summed E-state index contributed by atoms with van der Waals surface area (Å²) in [6.07, 6.45) is 2.23. The lowest BCUT2D eigenvalue weighted by Crippen LogP contribution is -2.29. The standard InChI is InChI=1S/C20H20N2O5S2/c1-3-13-5-9-16(10-6-13)29(26,27)21-20-22(4-2)19(25)18(28-20)11-14-7-8-15(23)12-17(14)24/h5-12,23-24H,3-4H2,1-2H3/b18-11-,21-20+. The van der Waals surface area contributed by atoms with E-state index in [2.05, 4.69) is 4.40 Å². The molecule has 2 N–H and O–H groups in total. The summed E-state index contributed by atoms with van der Waals surface area (Å²) in [5.74, 6) is -0.698. The number of phenolic OH excluding ortho intramolecular Hbond substituents is 2. The van der Waals surface area contributed by atoms with Crippen molar-refractivity contribution in [2.45, 2.75) is 25.2 Å². The van der Waals surface area contributed by atoms with Crippen molar-refractivity contribution in [3.63, 3.8) is 0 Å². The monoisotopic (exact) mass is 432 g/mol. The zero-order valence-electron chi connectivity index (χ0n) is 15.9. The first-order chi connectivity index (χ1) is 13.7. The molecule has 1 aliphatic heterocycles. The Kier molecular flexibility index (Phi) is 5.99. The number of nitrogens with zero attached hydrogens (tertiary/aromatic N) is 2. The normalized spacial score (nSPS) is 17.4. The first kappa shape index (κ1) is 20.9. The predicted octanol–water partition coefficient (Wildman–Crippen LogP) is 3.34. The van der Waals surface area contributed by atoms with Crippen LogP contribution in [0.3, 0.4) is 0 Å². The second-order valence-corrected chi connectivity index (χ2v) is 8.86. The van der Waals surface area contributed by atoms with Gasteiger partial charge in [0.2, 0.25) is 0 Å². The molecular formula is C20H20N2O5S2. The summed E-state index contributed by atoms with van der Waals surface area (Å²) >= 11 is 0.923. The van der Waals surface area contributed by atoms with Gasteiger partial charge in [0, 0.05) is 18.2 Å². The third kappa shape index (κ3) is 4.46. The van der Waals surface area contributed by atoms with Crippen LogP contribution in [0.2, 0.25) is 0 Å². The molecule has 1 heterocycles. The molecule has 7 nitrogen and oxygen atoms in total. The maximum absolute atomic E-state index is 12.7. The van der Waals surface area contributed by atoms with Crippen molar-refractivity contribution < 1.29 is 23.4 Å². The second-order valence-electron chi connectivity index (χ2n) is 6.25. The highest BCUT2D eigenvalue weighted by Crippen LogP contribution is 2.35. The van der Waals surface area contributed by atoms with Gasteiger partial charge >= 0.3 is 0 Å². The largest absolute Gasteiger partial charge is 0.508 e. The summed E-state index contributed by atoms with van der Waals surface area (Å²) in [6.45, 7) is 3.94. The Morgan fingerprint density at radius 3 is 2.38 bits per heavy atom. The van der Waals surface area contributed by atoms with Crippen LogP contribution in [0.25, 0.3) is 6.08 Å². The van der Waals surface area contributed by atoms with Crippen LogP contribution < -0.4 is 0 Å². The van der Waals surface area contributed by atoms with Crippen LogP contribution >= 0.6 is 11.8 Å². The fourth-order valence-electron chi connectivity index (χ4n) is 2.70. The summed E-state index contributed by atoms with van der Waals surface area (Å²) in [5, 5.41) is 19.4. The van der Waals surface area contributed by atoms with Gasteiger partial charge in [0.15, 0.2) is 5.17 Å². The molecule has 1 amide bonds. The number of amides is 1. The molecule has 9 heteroatoms. The lowest BCUT2D eigenvalue weighted by atomic mass is 10.1. The van der Waals surface area contributed by atoms with Gasteiger partial charge in [-0.2, -0.15) is 8.42 Å². The molecule has 0 radical (unpaired) electrons. The fourth-order valence-corrected chi connectivity index (χ4v) is 4.94. The quantitative estimate of drug-likeness (QED) is 0.702. The Bertz CT molecular complexity index is 1110. The number of phenols is 2. The molecule has 1 aliphatic rings.